The molecule has 0 aliphatic carbocycles. The van der Waals surface area contributed by atoms with Crippen molar-refractivity contribution in [3.8, 4) is 22.6 Å². The van der Waals surface area contributed by atoms with Gasteiger partial charge in [-0.05, 0) is 19.9 Å². The third kappa shape index (κ3) is 4.71. The zero-order valence-corrected chi connectivity index (χ0v) is 19.3. The summed E-state index contributed by atoms with van der Waals surface area (Å²) in [4.78, 5) is 17.7. The lowest BCUT2D eigenvalue weighted by atomic mass is 10.1. The van der Waals surface area contributed by atoms with Gasteiger partial charge in [-0.15, -0.1) is 0 Å². The number of carbonyl (C=O) groups excluding carboxylic acids is 1. The summed E-state index contributed by atoms with van der Waals surface area (Å²) in [7, 11) is 1.68. The molecular weight excluding hydrogens is 420 g/mol. The van der Waals surface area contributed by atoms with Crippen LogP contribution in [-0.2, 0) is 11.3 Å². The minimum atomic E-state index is 0.0625. The Morgan fingerprint density at radius 2 is 1.69 bits per heavy atom. The molecule has 0 fully saturated rings. The molecule has 32 heavy (non-hydrogen) atoms. The van der Waals surface area contributed by atoms with E-state index in [4.69, 9.17) is 14.1 Å². The SMILES string of the molecule is COCCn1c(C)cc(C(=O)CSc2nc(-c3ccccc3)c(-c3ccccc3)o2)c1C. The average molecular weight is 447 g/mol. The number of methoxy groups -OCH3 is 1. The van der Waals surface area contributed by atoms with Crippen LogP contribution in [-0.4, -0.2) is 34.8 Å². The highest BCUT2D eigenvalue weighted by atomic mass is 32.2. The molecule has 0 bridgehead atoms. The number of nitrogens with zero attached hydrogens (tertiary/aromatic N) is 2. The molecule has 164 valence electrons. The summed E-state index contributed by atoms with van der Waals surface area (Å²) < 4.78 is 13.4. The van der Waals surface area contributed by atoms with Crippen LogP contribution in [0.1, 0.15) is 21.7 Å². The van der Waals surface area contributed by atoms with Gasteiger partial charge in [0.1, 0.15) is 5.69 Å². The summed E-state index contributed by atoms with van der Waals surface area (Å²) in [6.07, 6.45) is 0. The van der Waals surface area contributed by atoms with Gasteiger partial charge in [-0.3, -0.25) is 4.79 Å². The maximum absolute atomic E-state index is 13.0. The van der Waals surface area contributed by atoms with E-state index in [9.17, 15) is 4.79 Å². The van der Waals surface area contributed by atoms with Gasteiger partial charge in [0.15, 0.2) is 11.5 Å². The van der Waals surface area contributed by atoms with Gasteiger partial charge in [0.2, 0.25) is 0 Å². The first-order chi connectivity index (χ1) is 15.6. The molecule has 5 nitrogen and oxygen atoms in total. The molecule has 0 saturated heterocycles. The van der Waals surface area contributed by atoms with Crippen molar-refractivity contribution in [2.45, 2.75) is 25.6 Å². The van der Waals surface area contributed by atoms with Gasteiger partial charge >= 0.3 is 0 Å². The second-order valence-corrected chi connectivity index (χ2v) is 8.46. The number of aryl methyl sites for hydroxylation is 1. The highest BCUT2D eigenvalue weighted by Crippen LogP contribution is 2.35. The van der Waals surface area contributed by atoms with Crippen LogP contribution in [0, 0.1) is 13.8 Å². The van der Waals surface area contributed by atoms with Gasteiger partial charge < -0.3 is 13.7 Å². The second-order valence-electron chi connectivity index (χ2n) is 7.53. The van der Waals surface area contributed by atoms with E-state index in [2.05, 4.69) is 4.57 Å². The van der Waals surface area contributed by atoms with Crippen molar-refractivity contribution in [1.29, 1.82) is 0 Å². The monoisotopic (exact) mass is 446 g/mol. The molecule has 2 heterocycles. The Morgan fingerprint density at radius 1 is 1.03 bits per heavy atom. The molecule has 2 aromatic heterocycles. The molecule has 0 saturated carbocycles. The molecule has 0 amide bonds. The number of carbonyl (C=O) groups is 1. The van der Waals surface area contributed by atoms with E-state index in [1.54, 1.807) is 7.11 Å². The van der Waals surface area contributed by atoms with Gasteiger partial charge in [0, 0.05) is 41.7 Å². The summed E-state index contributed by atoms with van der Waals surface area (Å²) >= 11 is 1.33. The number of ketones is 1. The standard InChI is InChI=1S/C26H26N2O3S/c1-18-16-22(19(2)28(18)14-15-30-3)23(29)17-32-26-27-24(20-10-6-4-7-11-20)25(31-26)21-12-8-5-9-13-21/h4-13,16H,14-15,17H2,1-3H3. The Bertz CT molecular complexity index is 1140. The molecule has 0 radical (unpaired) electrons. The average Bonchev–Trinajstić information content (AvgIpc) is 3.38. The smallest absolute Gasteiger partial charge is 0.257 e. The van der Waals surface area contributed by atoms with Crippen LogP contribution in [0.4, 0.5) is 0 Å². The van der Waals surface area contributed by atoms with Crippen LogP contribution in [0.3, 0.4) is 0 Å². The fourth-order valence-electron chi connectivity index (χ4n) is 3.75. The topological polar surface area (TPSA) is 57.3 Å². The predicted molar refractivity (Wildman–Crippen MR) is 128 cm³/mol. The molecule has 0 spiro atoms. The van der Waals surface area contributed by atoms with Crippen molar-refractivity contribution in [3.05, 3.63) is 83.7 Å². The Labute approximate surface area is 192 Å². The fourth-order valence-corrected chi connectivity index (χ4v) is 4.46. The van der Waals surface area contributed by atoms with E-state index in [1.165, 1.54) is 11.8 Å². The number of hydrogen-bond acceptors (Lipinski definition) is 5. The van der Waals surface area contributed by atoms with Crippen LogP contribution >= 0.6 is 11.8 Å². The van der Waals surface area contributed by atoms with E-state index < -0.39 is 0 Å². The zero-order valence-electron chi connectivity index (χ0n) is 18.5. The third-order valence-corrected chi connectivity index (χ3v) is 6.24. The number of aromatic nitrogens is 2. The van der Waals surface area contributed by atoms with E-state index in [-0.39, 0.29) is 11.5 Å². The molecule has 4 aromatic rings. The van der Waals surface area contributed by atoms with Crippen molar-refractivity contribution in [3.63, 3.8) is 0 Å². The number of oxazole rings is 1. The first-order valence-electron chi connectivity index (χ1n) is 10.5. The molecular formula is C26H26N2O3S. The van der Waals surface area contributed by atoms with Crippen LogP contribution < -0.4 is 0 Å². The van der Waals surface area contributed by atoms with E-state index in [1.807, 2.05) is 80.6 Å². The molecule has 4 rings (SSSR count). The number of hydrogen-bond donors (Lipinski definition) is 0. The normalized spacial score (nSPS) is 11.1. The number of benzene rings is 2. The molecule has 0 aliphatic rings. The highest BCUT2D eigenvalue weighted by molar-refractivity contribution is 7.99. The molecule has 0 aliphatic heterocycles. The molecule has 6 heteroatoms. The van der Waals surface area contributed by atoms with Crippen LogP contribution in [0.2, 0.25) is 0 Å². The van der Waals surface area contributed by atoms with E-state index >= 15 is 0 Å². The summed E-state index contributed by atoms with van der Waals surface area (Å²) in [5.74, 6) is 1.04. The van der Waals surface area contributed by atoms with Crippen molar-refractivity contribution in [2.75, 3.05) is 19.5 Å². The van der Waals surface area contributed by atoms with Gasteiger partial charge in [0.25, 0.3) is 5.22 Å². The number of rotatable bonds is 9. The fraction of sp³-hybridized carbons (Fsp3) is 0.231. The molecule has 0 atom stereocenters. The lowest BCUT2D eigenvalue weighted by Crippen LogP contribution is -2.09. The molecule has 0 N–H and O–H groups in total. The van der Waals surface area contributed by atoms with Crippen LogP contribution in [0.5, 0.6) is 0 Å². The van der Waals surface area contributed by atoms with Gasteiger partial charge in [-0.25, -0.2) is 4.98 Å². The number of thioether (sulfide) groups is 1. The Hall–Kier alpha value is -3.09. The minimum Gasteiger partial charge on any atom is -0.431 e. The summed E-state index contributed by atoms with van der Waals surface area (Å²) in [5, 5.41) is 0.490. The maximum Gasteiger partial charge on any atom is 0.257 e. The van der Waals surface area contributed by atoms with Gasteiger partial charge in [0.05, 0.1) is 12.4 Å². The second kappa shape index (κ2) is 10.0. The Balaban J connectivity index is 1.57. The minimum absolute atomic E-state index is 0.0625. The largest absolute Gasteiger partial charge is 0.431 e. The summed E-state index contributed by atoms with van der Waals surface area (Å²) in [6, 6.07) is 21.8. The molecule has 2 aromatic carbocycles. The van der Waals surface area contributed by atoms with Crippen molar-refractivity contribution in [2.24, 2.45) is 0 Å². The van der Waals surface area contributed by atoms with Crippen molar-refractivity contribution < 1.29 is 13.9 Å². The zero-order chi connectivity index (χ0) is 22.5. The third-order valence-electron chi connectivity index (χ3n) is 5.41. The highest BCUT2D eigenvalue weighted by Gasteiger charge is 2.20. The number of ether oxygens (including phenoxy) is 1. The lowest BCUT2D eigenvalue weighted by molar-refractivity contribution is 0.102. The Morgan fingerprint density at radius 3 is 2.34 bits per heavy atom. The predicted octanol–water partition coefficient (Wildman–Crippen LogP) is 6.05. The van der Waals surface area contributed by atoms with Crippen LogP contribution in [0.25, 0.3) is 22.6 Å². The lowest BCUT2D eigenvalue weighted by Gasteiger charge is -2.08. The maximum atomic E-state index is 13.0. The number of Topliss-reactive ketones (excluding diaryl/α,β-unsaturated/α-hetero) is 1. The van der Waals surface area contributed by atoms with Gasteiger partial charge in [-0.2, -0.15) is 0 Å². The Kier molecular flexibility index (Phi) is 6.93. The van der Waals surface area contributed by atoms with Crippen molar-refractivity contribution >= 4 is 17.5 Å². The first kappa shape index (κ1) is 22.1. The van der Waals surface area contributed by atoms with E-state index in [0.717, 1.165) is 40.3 Å². The van der Waals surface area contributed by atoms with Crippen LogP contribution in [0.15, 0.2) is 76.4 Å². The first-order valence-corrected chi connectivity index (χ1v) is 11.5. The van der Waals surface area contributed by atoms with Gasteiger partial charge in [-0.1, -0.05) is 72.4 Å². The van der Waals surface area contributed by atoms with Crippen molar-refractivity contribution in [1.82, 2.24) is 9.55 Å². The summed E-state index contributed by atoms with van der Waals surface area (Å²) in [6.45, 7) is 5.33. The molecule has 0 unspecified atom stereocenters. The quantitative estimate of drug-likeness (QED) is 0.231. The summed E-state index contributed by atoms with van der Waals surface area (Å²) in [5.41, 5.74) is 5.48. The van der Waals surface area contributed by atoms with E-state index in [0.29, 0.717) is 17.6 Å².